The number of anilines is 1. The van der Waals surface area contributed by atoms with Crippen molar-refractivity contribution in [2.24, 2.45) is 0 Å². The van der Waals surface area contributed by atoms with Crippen LogP contribution < -0.4 is 10.2 Å². The fourth-order valence-corrected chi connectivity index (χ4v) is 2.56. The van der Waals surface area contributed by atoms with Crippen molar-refractivity contribution in [3.63, 3.8) is 0 Å². The van der Waals surface area contributed by atoms with Gasteiger partial charge in [-0.25, -0.2) is 0 Å². The van der Waals surface area contributed by atoms with E-state index in [1.807, 2.05) is 18.2 Å². The molecule has 0 aromatic heterocycles. The maximum absolute atomic E-state index is 12.2. The molecule has 23 heavy (non-hydrogen) atoms. The molecule has 2 amide bonds. The molecule has 1 aromatic carbocycles. The van der Waals surface area contributed by atoms with E-state index in [2.05, 4.69) is 39.6 Å². The van der Waals surface area contributed by atoms with E-state index >= 15 is 0 Å². The van der Waals surface area contributed by atoms with Gasteiger partial charge >= 0.3 is 0 Å². The van der Waals surface area contributed by atoms with E-state index in [-0.39, 0.29) is 30.2 Å². The predicted molar refractivity (Wildman–Crippen MR) is 95.9 cm³/mol. The molecule has 1 rings (SSSR count). The van der Waals surface area contributed by atoms with Crippen LogP contribution in [0.15, 0.2) is 30.9 Å². The molecule has 0 radical (unpaired) electrons. The van der Waals surface area contributed by atoms with Crippen molar-refractivity contribution in [3.05, 3.63) is 42.0 Å². The van der Waals surface area contributed by atoms with Gasteiger partial charge in [-0.05, 0) is 23.0 Å². The summed E-state index contributed by atoms with van der Waals surface area (Å²) < 4.78 is 0. The van der Waals surface area contributed by atoms with E-state index in [0.717, 1.165) is 16.8 Å². The van der Waals surface area contributed by atoms with E-state index in [1.54, 1.807) is 11.0 Å². The molecule has 0 unspecified atom stereocenters. The quantitative estimate of drug-likeness (QED) is 0.782. The summed E-state index contributed by atoms with van der Waals surface area (Å²) in [5.41, 5.74) is 3.05. The van der Waals surface area contributed by atoms with Crippen molar-refractivity contribution in [1.29, 1.82) is 0 Å². The number of rotatable bonds is 7. The molecule has 1 N–H and O–H groups in total. The Kier molecular flexibility index (Phi) is 7.01. The summed E-state index contributed by atoms with van der Waals surface area (Å²) in [5, 5.41) is 2.73. The summed E-state index contributed by atoms with van der Waals surface area (Å²) in [6.45, 7) is 13.9. The maximum atomic E-state index is 12.2. The highest BCUT2D eigenvalue weighted by molar-refractivity contribution is 5.99. The van der Waals surface area contributed by atoms with Gasteiger partial charge in [-0.3, -0.25) is 9.59 Å². The van der Waals surface area contributed by atoms with Crippen LogP contribution in [0, 0.1) is 0 Å². The van der Waals surface area contributed by atoms with Gasteiger partial charge in [-0.1, -0.05) is 52.0 Å². The van der Waals surface area contributed by atoms with Crippen LogP contribution in [0.5, 0.6) is 0 Å². The molecule has 0 heterocycles. The molecule has 4 heteroatoms. The molecule has 0 aliphatic carbocycles. The first-order valence-corrected chi connectivity index (χ1v) is 8.08. The van der Waals surface area contributed by atoms with Gasteiger partial charge in [0, 0.05) is 13.5 Å². The van der Waals surface area contributed by atoms with E-state index in [1.165, 1.54) is 6.92 Å². The van der Waals surface area contributed by atoms with Gasteiger partial charge in [0.25, 0.3) is 0 Å². The Morgan fingerprint density at radius 2 is 1.70 bits per heavy atom. The third kappa shape index (κ3) is 4.95. The topological polar surface area (TPSA) is 49.4 Å². The van der Waals surface area contributed by atoms with Gasteiger partial charge in [0.1, 0.15) is 6.54 Å². The standard InChI is InChI=1S/C19H28N2O2/c1-7-11-20-18(23)12-21(15(6)22)19-16(13(2)3)9-8-10-17(19)14(4)5/h7-10,13-14H,1,11-12H2,2-6H3,(H,20,23). The van der Waals surface area contributed by atoms with Crippen molar-refractivity contribution >= 4 is 17.5 Å². The number of benzene rings is 1. The number of hydrogen-bond donors (Lipinski definition) is 1. The highest BCUT2D eigenvalue weighted by Crippen LogP contribution is 2.35. The number of nitrogens with zero attached hydrogens (tertiary/aromatic N) is 1. The smallest absolute Gasteiger partial charge is 0.240 e. The maximum Gasteiger partial charge on any atom is 0.240 e. The largest absolute Gasteiger partial charge is 0.351 e. The first-order chi connectivity index (χ1) is 10.8. The summed E-state index contributed by atoms with van der Waals surface area (Å²) in [6, 6.07) is 6.08. The lowest BCUT2D eigenvalue weighted by molar-refractivity contribution is -0.122. The van der Waals surface area contributed by atoms with E-state index in [4.69, 9.17) is 0 Å². The second-order valence-electron chi connectivity index (χ2n) is 6.29. The van der Waals surface area contributed by atoms with E-state index in [0.29, 0.717) is 6.54 Å². The highest BCUT2D eigenvalue weighted by Gasteiger charge is 2.23. The summed E-state index contributed by atoms with van der Waals surface area (Å²) in [4.78, 5) is 25.9. The molecule has 0 spiro atoms. The molecular weight excluding hydrogens is 288 g/mol. The van der Waals surface area contributed by atoms with E-state index < -0.39 is 0 Å². The minimum absolute atomic E-state index is 0.0205. The minimum atomic E-state index is -0.187. The number of amides is 2. The van der Waals surface area contributed by atoms with Gasteiger partial charge in [-0.2, -0.15) is 0 Å². The summed E-state index contributed by atoms with van der Waals surface area (Å²) in [5.74, 6) is 0.214. The van der Waals surface area contributed by atoms with Crippen molar-refractivity contribution in [2.75, 3.05) is 18.0 Å². The van der Waals surface area contributed by atoms with Crippen LogP contribution in [-0.2, 0) is 9.59 Å². The van der Waals surface area contributed by atoms with Crippen LogP contribution in [0.1, 0.15) is 57.6 Å². The second-order valence-corrected chi connectivity index (χ2v) is 6.29. The lowest BCUT2D eigenvalue weighted by Crippen LogP contribution is -2.41. The molecule has 0 bridgehead atoms. The van der Waals surface area contributed by atoms with Gasteiger partial charge in [0.05, 0.1) is 5.69 Å². The Hall–Kier alpha value is -2.10. The van der Waals surface area contributed by atoms with Gasteiger partial charge in [0.2, 0.25) is 11.8 Å². The highest BCUT2D eigenvalue weighted by atomic mass is 16.2. The van der Waals surface area contributed by atoms with Crippen LogP contribution in [0.25, 0.3) is 0 Å². The summed E-state index contributed by atoms with van der Waals surface area (Å²) in [6.07, 6.45) is 1.62. The fourth-order valence-electron chi connectivity index (χ4n) is 2.56. The third-order valence-corrected chi connectivity index (χ3v) is 3.74. The Morgan fingerprint density at radius 1 is 1.17 bits per heavy atom. The van der Waals surface area contributed by atoms with Gasteiger partial charge < -0.3 is 10.2 Å². The molecule has 1 aromatic rings. The molecule has 0 fully saturated rings. The number of para-hydroxylation sites is 1. The second kappa shape index (κ2) is 8.51. The van der Waals surface area contributed by atoms with Crippen LogP contribution in [-0.4, -0.2) is 24.9 Å². The van der Waals surface area contributed by atoms with Crippen LogP contribution >= 0.6 is 0 Å². The van der Waals surface area contributed by atoms with Gasteiger partial charge in [-0.15, -0.1) is 6.58 Å². The third-order valence-electron chi connectivity index (χ3n) is 3.74. The van der Waals surface area contributed by atoms with Crippen molar-refractivity contribution in [3.8, 4) is 0 Å². The molecule has 4 nitrogen and oxygen atoms in total. The zero-order valence-corrected chi connectivity index (χ0v) is 14.8. The Bertz CT molecular complexity index is 550. The Balaban J connectivity index is 3.32. The fraction of sp³-hybridized carbons (Fsp3) is 0.474. The number of carbonyl (C=O) groups is 2. The van der Waals surface area contributed by atoms with Crippen LogP contribution in [0.3, 0.4) is 0 Å². The zero-order valence-electron chi connectivity index (χ0n) is 14.8. The average molecular weight is 316 g/mol. The van der Waals surface area contributed by atoms with Gasteiger partial charge in [0.15, 0.2) is 0 Å². The summed E-state index contributed by atoms with van der Waals surface area (Å²) in [7, 11) is 0. The Labute approximate surface area is 139 Å². The molecular formula is C19H28N2O2. The average Bonchev–Trinajstić information content (AvgIpc) is 2.49. The minimum Gasteiger partial charge on any atom is -0.351 e. The molecule has 0 aliphatic rings. The summed E-state index contributed by atoms with van der Waals surface area (Å²) >= 11 is 0. The monoisotopic (exact) mass is 316 g/mol. The predicted octanol–water partition coefficient (Wildman–Crippen LogP) is 3.59. The zero-order chi connectivity index (χ0) is 17.6. The van der Waals surface area contributed by atoms with E-state index in [9.17, 15) is 9.59 Å². The normalized spacial score (nSPS) is 10.7. The lowest BCUT2D eigenvalue weighted by atomic mass is 9.91. The first-order valence-electron chi connectivity index (χ1n) is 8.08. The first kappa shape index (κ1) is 18.9. The molecule has 0 saturated heterocycles. The Morgan fingerprint density at radius 3 is 2.09 bits per heavy atom. The van der Waals surface area contributed by atoms with Crippen LogP contribution in [0.4, 0.5) is 5.69 Å². The van der Waals surface area contributed by atoms with Crippen LogP contribution in [0.2, 0.25) is 0 Å². The van der Waals surface area contributed by atoms with Crippen molar-refractivity contribution in [2.45, 2.75) is 46.5 Å². The molecule has 0 saturated carbocycles. The van der Waals surface area contributed by atoms with Crippen molar-refractivity contribution < 1.29 is 9.59 Å². The lowest BCUT2D eigenvalue weighted by Gasteiger charge is -2.29. The molecule has 0 aliphatic heterocycles. The molecule has 0 atom stereocenters. The SMILES string of the molecule is C=CCNC(=O)CN(C(C)=O)c1c(C(C)C)cccc1C(C)C. The number of hydrogen-bond acceptors (Lipinski definition) is 2. The van der Waals surface area contributed by atoms with Crippen molar-refractivity contribution in [1.82, 2.24) is 5.32 Å². The number of carbonyl (C=O) groups excluding carboxylic acids is 2. The number of nitrogens with one attached hydrogen (secondary N) is 1. The molecule has 126 valence electrons.